The van der Waals surface area contributed by atoms with Crippen LogP contribution >= 0.6 is 0 Å². The molecule has 0 unspecified atom stereocenters. The largest absolute Gasteiger partial charge is 0.458 e. The van der Waals surface area contributed by atoms with Gasteiger partial charge in [0.2, 0.25) is 0 Å². The van der Waals surface area contributed by atoms with Gasteiger partial charge in [-0.25, -0.2) is 9.59 Å². The van der Waals surface area contributed by atoms with Gasteiger partial charge in [-0.05, 0) is 54.4 Å². The van der Waals surface area contributed by atoms with Crippen molar-refractivity contribution in [1.82, 2.24) is 5.32 Å². The predicted octanol–water partition coefficient (Wildman–Crippen LogP) is 3.19. The summed E-state index contributed by atoms with van der Waals surface area (Å²) in [6, 6.07) is -0.734. The number of nitrogens with one attached hydrogen (secondary N) is 1. The van der Waals surface area contributed by atoms with Gasteiger partial charge in [0.1, 0.15) is 17.2 Å². The van der Waals surface area contributed by atoms with Crippen LogP contribution in [0.15, 0.2) is 12.7 Å². The first-order valence-corrected chi connectivity index (χ1v) is 6.78. The quantitative estimate of drug-likeness (QED) is 0.622. The second-order valence-corrected chi connectivity index (χ2v) is 6.60. The molecule has 5 heteroatoms. The first-order valence-electron chi connectivity index (χ1n) is 6.78. The minimum Gasteiger partial charge on any atom is -0.458 e. The molecule has 1 N–H and O–H groups in total. The van der Waals surface area contributed by atoms with Crippen LogP contribution in [-0.4, -0.2) is 29.3 Å². The summed E-state index contributed by atoms with van der Waals surface area (Å²) in [4.78, 5) is 23.8. The molecule has 0 saturated heterocycles. The third-order valence-electron chi connectivity index (χ3n) is 2.04. The van der Waals surface area contributed by atoms with Crippen LogP contribution in [0.25, 0.3) is 0 Å². The molecule has 0 aliphatic carbocycles. The standard InChI is InChI=1S/C15H27NO4/c1-8-9-10-11(12(17)19-14(2,3)4)16-13(18)20-15(5,6)7/h8,11H,1,9-10H2,2-7H3,(H,16,18)/t11-/m0/s1. The molecular formula is C15H27NO4. The van der Waals surface area contributed by atoms with Gasteiger partial charge < -0.3 is 14.8 Å². The van der Waals surface area contributed by atoms with Crippen LogP contribution in [-0.2, 0) is 14.3 Å². The fourth-order valence-corrected chi connectivity index (χ4v) is 1.36. The van der Waals surface area contributed by atoms with Crippen molar-refractivity contribution in [1.29, 1.82) is 0 Å². The van der Waals surface area contributed by atoms with Gasteiger partial charge in [-0.2, -0.15) is 0 Å². The van der Waals surface area contributed by atoms with Crippen molar-refractivity contribution in [3.8, 4) is 0 Å². The van der Waals surface area contributed by atoms with Gasteiger partial charge in [0, 0.05) is 0 Å². The van der Waals surface area contributed by atoms with E-state index < -0.39 is 29.3 Å². The van der Waals surface area contributed by atoms with Crippen LogP contribution < -0.4 is 5.32 Å². The molecule has 0 aromatic heterocycles. The number of esters is 1. The number of carbonyl (C=O) groups is 2. The smallest absolute Gasteiger partial charge is 0.408 e. The Balaban J connectivity index is 4.67. The third kappa shape index (κ3) is 9.42. The van der Waals surface area contributed by atoms with E-state index in [4.69, 9.17) is 9.47 Å². The van der Waals surface area contributed by atoms with E-state index in [2.05, 4.69) is 11.9 Å². The normalized spacial score (nSPS) is 13.3. The molecule has 0 saturated carbocycles. The maximum atomic E-state index is 12.0. The van der Waals surface area contributed by atoms with Crippen molar-refractivity contribution in [2.45, 2.75) is 71.6 Å². The topological polar surface area (TPSA) is 64.6 Å². The molecule has 0 rings (SSSR count). The zero-order chi connectivity index (χ0) is 16.0. The fourth-order valence-electron chi connectivity index (χ4n) is 1.36. The number of allylic oxidation sites excluding steroid dienone is 1. The molecule has 0 spiro atoms. The summed E-state index contributed by atoms with van der Waals surface area (Å²) in [6.45, 7) is 14.2. The number of carbonyl (C=O) groups excluding carboxylic acids is 2. The Kier molecular flexibility index (Phi) is 6.76. The highest BCUT2D eigenvalue weighted by Crippen LogP contribution is 2.12. The minimum atomic E-state index is -0.734. The molecular weight excluding hydrogens is 258 g/mol. The molecule has 0 radical (unpaired) electrons. The minimum absolute atomic E-state index is 0.428. The van der Waals surface area contributed by atoms with E-state index in [1.54, 1.807) is 47.6 Å². The molecule has 0 aliphatic rings. The molecule has 0 fully saturated rings. The van der Waals surface area contributed by atoms with E-state index in [-0.39, 0.29) is 0 Å². The molecule has 20 heavy (non-hydrogen) atoms. The lowest BCUT2D eigenvalue weighted by Gasteiger charge is -2.26. The highest BCUT2D eigenvalue weighted by atomic mass is 16.6. The number of amides is 1. The molecule has 1 amide bonds. The van der Waals surface area contributed by atoms with Gasteiger partial charge in [-0.3, -0.25) is 0 Å². The van der Waals surface area contributed by atoms with Gasteiger partial charge in [-0.1, -0.05) is 6.08 Å². The lowest BCUT2D eigenvalue weighted by molar-refractivity contribution is -0.157. The van der Waals surface area contributed by atoms with Crippen LogP contribution in [0, 0.1) is 0 Å². The monoisotopic (exact) mass is 285 g/mol. The number of ether oxygens (including phenoxy) is 2. The van der Waals surface area contributed by atoms with E-state index in [1.807, 2.05) is 0 Å². The van der Waals surface area contributed by atoms with Crippen molar-refractivity contribution >= 4 is 12.1 Å². The van der Waals surface area contributed by atoms with E-state index in [0.717, 1.165) is 0 Å². The number of hydrogen-bond donors (Lipinski definition) is 1. The molecule has 1 atom stereocenters. The Hall–Kier alpha value is -1.52. The maximum Gasteiger partial charge on any atom is 0.408 e. The van der Waals surface area contributed by atoms with Gasteiger partial charge in [-0.15, -0.1) is 6.58 Å². The number of hydrogen-bond acceptors (Lipinski definition) is 4. The SMILES string of the molecule is C=CCC[C@H](NC(=O)OC(C)(C)C)C(=O)OC(C)(C)C. The Labute approximate surface area is 121 Å². The molecule has 116 valence electrons. The van der Waals surface area contributed by atoms with Crippen molar-refractivity contribution in [2.24, 2.45) is 0 Å². The maximum absolute atomic E-state index is 12.0. The van der Waals surface area contributed by atoms with E-state index in [1.165, 1.54) is 0 Å². The summed E-state index contributed by atoms with van der Waals surface area (Å²) >= 11 is 0. The van der Waals surface area contributed by atoms with E-state index >= 15 is 0 Å². The zero-order valence-electron chi connectivity index (χ0n) is 13.4. The average Bonchev–Trinajstić information content (AvgIpc) is 2.18. The van der Waals surface area contributed by atoms with Crippen LogP contribution in [0.4, 0.5) is 4.79 Å². The molecule has 0 aromatic carbocycles. The summed E-state index contributed by atoms with van der Waals surface area (Å²) in [6.07, 6.45) is 2.09. The van der Waals surface area contributed by atoms with Crippen molar-refractivity contribution in [3.05, 3.63) is 12.7 Å². The Morgan fingerprint density at radius 2 is 1.60 bits per heavy atom. The second kappa shape index (κ2) is 7.31. The van der Waals surface area contributed by atoms with Gasteiger partial charge in [0.25, 0.3) is 0 Å². The average molecular weight is 285 g/mol. The lowest BCUT2D eigenvalue weighted by atomic mass is 10.1. The summed E-state index contributed by atoms with van der Waals surface area (Å²) in [7, 11) is 0. The fraction of sp³-hybridized carbons (Fsp3) is 0.733. The van der Waals surface area contributed by atoms with Crippen molar-refractivity contribution in [3.63, 3.8) is 0 Å². The highest BCUT2D eigenvalue weighted by Gasteiger charge is 2.27. The first kappa shape index (κ1) is 18.5. The summed E-state index contributed by atoms with van der Waals surface area (Å²) in [5.41, 5.74) is -1.21. The Morgan fingerprint density at radius 3 is 2.00 bits per heavy atom. The lowest BCUT2D eigenvalue weighted by Crippen LogP contribution is -2.45. The first-order chi connectivity index (χ1) is 8.94. The van der Waals surface area contributed by atoms with E-state index in [0.29, 0.717) is 12.8 Å². The summed E-state index contributed by atoms with van der Waals surface area (Å²) in [5, 5.41) is 2.55. The molecule has 5 nitrogen and oxygen atoms in total. The van der Waals surface area contributed by atoms with Gasteiger partial charge in [0.15, 0.2) is 0 Å². The highest BCUT2D eigenvalue weighted by molar-refractivity contribution is 5.81. The number of alkyl carbamates (subject to hydrolysis) is 1. The van der Waals surface area contributed by atoms with Crippen LogP contribution in [0.2, 0.25) is 0 Å². The summed E-state index contributed by atoms with van der Waals surface area (Å²) < 4.78 is 10.4. The van der Waals surface area contributed by atoms with Crippen LogP contribution in [0.5, 0.6) is 0 Å². The molecule has 0 bridgehead atoms. The molecule has 0 aromatic rings. The van der Waals surface area contributed by atoms with Gasteiger partial charge >= 0.3 is 12.1 Å². The van der Waals surface area contributed by atoms with Crippen molar-refractivity contribution < 1.29 is 19.1 Å². The Bertz CT molecular complexity index is 350. The molecule has 0 heterocycles. The van der Waals surface area contributed by atoms with Crippen molar-refractivity contribution in [2.75, 3.05) is 0 Å². The molecule has 0 aliphatic heterocycles. The van der Waals surface area contributed by atoms with E-state index in [9.17, 15) is 9.59 Å². The number of rotatable bonds is 5. The summed E-state index contributed by atoms with van der Waals surface area (Å²) in [5.74, 6) is -0.467. The van der Waals surface area contributed by atoms with Gasteiger partial charge in [0.05, 0.1) is 0 Å². The second-order valence-electron chi connectivity index (χ2n) is 6.60. The Morgan fingerprint density at radius 1 is 1.10 bits per heavy atom. The van der Waals surface area contributed by atoms with Crippen LogP contribution in [0.3, 0.4) is 0 Å². The predicted molar refractivity (Wildman–Crippen MR) is 78.4 cm³/mol. The third-order valence-corrected chi connectivity index (χ3v) is 2.04. The van der Waals surface area contributed by atoms with Crippen LogP contribution in [0.1, 0.15) is 54.4 Å². The zero-order valence-corrected chi connectivity index (χ0v) is 13.4.